The molecule has 1 aliphatic carbocycles. The van der Waals surface area contributed by atoms with Gasteiger partial charge in [-0.1, -0.05) is 23.7 Å². The Morgan fingerprint density at radius 2 is 1.88 bits per heavy atom. The van der Waals surface area contributed by atoms with Gasteiger partial charge in [-0.15, -0.1) is 0 Å². The monoisotopic (exact) mass is 368 g/mol. The van der Waals surface area contributed by atoms with Gasteiger partial charge in [0.15, 0.2) is 0 Å². The van der Waals surface area contributed by atoms with Crippen LogP contribution in [0.1, 0.15) is 24.0 Å². The van der Waals surface area contributed by atoms with Crippen LogP contribution in [0, 0.1) is 16.7 Å². The molecule has 0 heterocycles. The summed E-state index contributed by atoms with van der Waals surface area (Å²) in [6, 6.07) is 14.6. The molecule has 1 saturated carbocycles. The van der Waals surface area contributed by atoms with Gasteiger partial charge in [-0.05, 0) is 48.7 Å². The Balaban J connectivity index is 1.62. The second-order valence-corrected chi connectivity index (χ2v) is 6.69. The van der Waals surface area contributed by atoms with Gasteiger partial charge in [0.2, 0.25) is 11.8 Å². The summed E-state index contributed by atoms with van der Waals surface area (Å²) >= 11 is 5.89. The van der Waals surface area contributed by atoms with E-state index in [0.717, 1.165) is 11.3 Å². The van der Waals surface area contributed by atoms with Gasteiger partial charge in [-0.2, -0.15) is 5.26 Å². The maximum absolute atomic E-state index is 12.1. The third-order valence-electron chi connectivity index (χ3n) is 4.44. The van der Waals surface area contributed by atoms with Crippen molar-refractivity contribution >= 4 is 34.8 Å². The normalized spacial score (nSPS) is 14.2. The van der Waals surface area contributed by atoms with Crippen molar-refractivity contribution in [2.24, 2.45) is 11.1 Å². The molecule has 132 valence electrons. The number of primary amides is 1. The third kappa shape index (κ3) is 3.63. The van der Waals surface area contributed by atoms with E-state index >= 15 is 0 Å². The highest BCUT2D eigenvalue weighted by molar-refractivity contribution is 6.30. The van der Waals surface area contributed by atoms with Crippen LogP contribution in [-0.2, 0) is 16.1 Å². The molecule has 1 aliphatic rings. The number of hydrogen-bond donors (Lipinski definition) is 3. The standard InChI is InChI=1S/C19H17ClN4O2/c20-14-3-6-16(13(9-14)10-21)24-15-4-1-12(2-5-15)11-23-18(26)19(7-8-19)17(22)25/h1-6,9,24H,7-8,11H2,(H2,22,25)(H,23,26). The largest absolute Gasteiger partial charge is 0.369 e. The Kier molecular flexibility index (Phi) is 4.83. The van der Waals surface area contributed by atoms with Crippen LogP contribution >= 0.6 is 11.6 Å². The minimum absolute atomic E-state index is 0.313. The molecule has 6 nitrogen and oxygen atoms in total. The number of rotatable bonds is 6. The van der Waals surface area contributed by atoms with Crippen LogP contribution in [0.25, 0.3) is 0 Å². The van der Waals surface area contributed by atoms with Crippen LogP contribution in [0.5, 0.6) is 0 Å². The minimum Gasteiger partial charge on any atom is -0.369 e. The minimum atomic E-state index is -1.01. The molecule has 0 radical (unpaired) electrons. The van der Waals surface area contributed by atoms with Crippen molar-refractivity contribution in [2.45, 2.75) is 19.4 Å². The Labute approximate surface area is 155 Å². The number of benzene rings is 2. The van der Waals surface area contributed by atoms with Crippen molar-refractivity contribution in [2.75, 3.05) is 5.32 Å². The molecule has 3 rings (SSSR count). The molecule has 0 saturated heterocycles. The predicted octanol–water partition coefficient (Wildman–Crippen LogP) is 2.84. The van der Waals surface area contributed by atoms with E-state index in [9.17, 15) is 14.9 Å². The molecular formula is C19H17ClN4O2. The summed E-state index contributed by atoms with van der Waals surface area (Å²) in [5.74, 6) is -0.877. The maximum Gasteiger partial charge on any atom is 0.235 e. The van der Waals surface area contributed by atoms with Gasteiger partial charge >= 0.3 is 0 Å². The fraction of sp³-hybridized carbons (Fsp3) is 0.211. The molecule has 0 unspecified atom stereocenters. The number of hydrogen-bond acceptors (Lipinski definition) is 4. The highest BCUT2D eigenvalue weighted by atomic mass is 35.5. The molecule has 0 atom stereocenters. The van der Waals surface area contributed by atoms with Crippen LogP contribution < -0.4 is 16.4 Å². The number of carbonyl (C=O) groups is 2. The number of halogens is 1. The number of nitriles is 1. The highest BCUT2D eigenvalue weighted by Gasteiger charge is 2.55. The Bertz CT molecular complexity index is 899. The van der Waals surface area contributed by atoms with Crippen LogP contribution in [0.15, 0.2) is 42.5 Å². The van der Waals surface area contributed by atoms with Crippen molar-refractivity contribution in [3.8, 4) is 6.07 Å². The molecule has 4 N–H and O–H groups in total. The average molecular weight is 369 g/mol. The van der Waals surface area contributed by atoms with Crippen molar-refractivity contribution in [3.63, 3.8) is 0 Å². The lowest BCUT2D eigenvalue weighted by molar-refractivity contribution is -0.135. The van der Waals surface area contributed by atoms with Gasteiger partial charge < -0.3 is 16.4 Å². The lowest BCUT2D eigenvalue weighted by atomic mass is 10.1. The molecule has 0 bridgehead atoms. The summed E-state index contributed by atoms with van der Waals surface area (Å²) in [7, 11) is 0. The molecule has 1 fully saturated rings. The molecule has 2 amide bonds. The maximum atomic E-state index is 12.1. The fourth-order valence-electron chi connectivity index (χ4n) is 2.64. The first-order chi connectivity index (χ1) is 12.4. The Morgan fingerprint density at radius 1 is 1.19 bits per heavy atom. The quantitative estimate of drug-likeness (QED) is 0.681. The first-order valence-electron chi connectivity index (χ1n) is 8.08. The van der Waals surface area contributed by atoms with Crippen molar-refractivity contribution in [1.29, 1.82) is 5.26 Å². The van der Waals surface area contributed by atoms with E-state index in [1.54, 1.807) is 18.2 Å². The van der Waals surface area contributed by atoms with Crippen LogP contribution in [0.4, 0.5) is 11.4 Å². The molecule has 2 aromatic rings. The third-order valence-corrected chi connectivity index (χ3v) is 4.68. The number of nitrogens with two attached hydrogens (primary N) is 1. The number of anilines is 2. The van der Waals surface area contributed by atoms with E-state index in [0.29, 0.717) is 35.7 Å². The molecule has 0 aromatic heterocycles. The number of carbonyl (C=O) groups excluding carboxylic acids is 2. The van der Waals surface area contributed by atoms with Gasteiger partial charge in [-0.25, -0.2) is 0 Å². The zero-order chi connectivity index (χ0) is 18.7. The van der Waals surface area contributed by atoms with Crippen molar-refractivity contribution < 1.29 is 9.59 Å². The van der Waals surface area contributed by atoms with Gasteiger partial charge in [0.25, 0.3) is 0 Å². The van der Waals surface area contributed by atoms with Crippen molar-refractivity contribution in [3.05, 3.63) is 58.6 Å². The van der Waals surface area contributed by atoms with E-state index < -0.39 is 11.3 Å². The number of nitrogens with zero attached hydrogens (tertiary/aromatic N) is 1. The Morgan fingerprint density at radius 3 is 2.46 bits per heavy atom. The summed E-state index contributed by atoms with van der Waals surface area (Å²) in [6.07, 6.45) is 1.03. The van der Waals surface area contributed by atoms with Crippen LogP contribution in [0.3, 0.4) is 0 Å². The lowest BCUT2D eigenvalue weighted by Gasteiger charge is -2.12. The number of nitrogens with one attached hydrogen (secondary N) is 2. The van der Waals surface area contributed by atoms with Gasteiger partial charge in [0.1, 0.15) is 11.5 Å². The van der Waals surface area contributed by atoms with Crippen molar-refractivity contribution in [1.82, 2.24) is 5.32 Å². The summed E-state index contributed by atoms with van der Waals surface area (Å²) in [5.41, 5.74) is 7.09. The molecule has 26 heavy (non-hydrogen) atoms. The summed E-state index contributed by atoms with van der Waals surface area (Å²) in [6.45, 7) is 0.318. The average Bonchev–Trinajstić information content (AvgIpc) is 3.44. The molecular weight excluding hydrogens is 352 g/mol. The van der Waals surface area contributed by atoms with Gasteiger partial charge in [0.05, 0.1) is 11.3 Å². The summed E-state index contributed by atoms with van der Waals surface area (Å²) in [4.78, 5) is 23.4. The van der Waals surface area contributed by atoms with E-state index in [2.05, 4.69) is 16.7 Å². The second-order valence-electron chi connectivity index (χ2n) is 6.25. The highest BCUT2D eigenvalue weighted by Crippen LogP contribution is 2.45. The zero-order valence-electron chi connectivity index (χ0n) is 13.9. The SMILES string of the molecule is N#Cc1cc(Cl)ccc1Nc1ccc(CNC(=O)C2(C(N)=O)CC2)cc1. The van der Waals surface area contributed by atoms with Crippen LogP contribution in [0.2, 0.25) is 5.02 Å². The fourth-order valence-corrected chi connectivity index (χ4v) is 2.81. The summed E-state index contributed by atoms with van der Waals surface area (Å²) in [5, 5.41) is 15.6. The first-order valence-corrected chi connectivity index (χ1v) is 8.46. The second kappa shape index (κ2) is 7.06. The smallest absolute Gasteiger partial charge is 0.235 e. The molecule has 0 spiro atoms. The van der Waals surface area contributed by atoms with Crippen LogP contribution in [-0.4, -0.2) is 11.8 Å². The summed E-state index contributed by atoms with van der Waals surface area (Å²) < 4.78 is 0. The van der Waals surface area contributed by atoms with E-state index in [1.165, 1.54) is 0 Å². The van der Waals surface area contributed by atoms with Gasteiger partial charge in [-0.3, -0.25) is 9.59 Å². The molecule has 0 aliphatic heterocycles. The molecule has 2 aromatic carbocycles. The van der Waals surface area contributed by atoms with E-state index in [-0.39, 0.29) is 5.91 Å². The predicted molar refractivity (Wildman–Crippen MR) is 98.6 cm³/mol. The van der Waals surface area contributed by atoms with Gasteiger partial charge in [0, 0.05) is 17.3 Å². The van der Waals surface area contributed by atoms with E-state index in [1.807, 2.05) is 24.3 Å². The zero-order valence-corrected chi connectivity index (χ0v) is 14.6. The topological polar surface area (TPSA) is 108 Å². The van der Waals surface area contributed by atoms with E-state index in [4.69, 9.17) is 17.3 Å². The number of amides is 2. The lowest BCUT2D eigenvalue weighted by Crippen LogP contribution is -2.40. The molecule has 7 heteroatoms. The Hall–Kier alpha value is -3.04. The first kappa shape index (κ1) is 17.8.